The lowest BCUT2D eigenvalue weighted by Gasteiger charge is -2.56. The van der Waals surface area contributed by atoms with Gasteiger partial charge in [-0.15, -0.1) is 0 Å². The minimum absolute atomic E-state index is 0.00282. The fraction of sp³-hybridized carbons (Fsp3) is 0.647. The molecular formula is C17H23ClFNO3. The summed E-state index contributed by atoms with van der Waals surface area (Å²) < 4.78 is 19.7. The lowest BCUT2D eigenvalue weighted by atomic mass is 9.58. The number of aliphatic hydroxyl groups excluding tert-OH is 2. The van der Waals surface area contributed by atoms with Gasteiger partial charge < -0.3 is 14.9 Å². The molecule has 1 spiro atoms. The molecule has 128 valence electrons. The van der Waals surface area contributed by atoms with Crippen LogP contribution in [0.5, 0.6) is 0 Å². The molecule has 0 radical (unpaired) electrons. The summed E-state index contributed by atoms with van der Waals surface area (Å²) in [6, 6.07) is 5.08. The molecule has 0 unspecified atom stereocenters. The fourth-order valence-corrected chi connectivity index (χ4v) is 4.04. The minimum Gasteiger partial charge on any atom is -0.394 e. The summed E-state index contributed by atoms with van der Waals surface area (Å²) >= 11 is 5.83. The van der Waals surface area contributed by atoms with E-state index < -0.39 is 0 Å². The number of hydrogen-bond donors (Lipinski definition) is 2. The molecule has 2 atom stereocenters. The van der Waals surface area contributed by atoms with Gasteiger partial charge in [0.05, 0.1) is 30.4 Å². The monoisotopic (exact) mass is 343 g/mol. The summed E-state index contributed by atoms with van der Waals surface area (Å²) in [6.07, 6.45) is 1.98. The summed E-state index contributed by atoms with van der Waals surface area (Å²) in [6.45, 7) is 2.43. The highest BCUT2D eigenvalue weighted by molar-refractivity contribution is 6.30. The number of hydrogen-bond acceptors (Lipinski definition) is 4. The van der Waals surface area contributed by atoms with E-state index in [1.165, 1.54) is 0 Å². The average molecular weight is 344 g/mol. The van der Waals surface area contributed by atoms with E-state index >= 15 is 0 Å². The summed E-state index contributed by atoms with van der Waals surface area (Å²) in [7, 11) is 0. The van der Waals surface area contributed by atoms with E-state index in [2.05, 4.69) is 4.90 Å². The van der Waals surface area contributed by atoms with Gasteiger partial charge in [-0.1, -0.05) is 23.7 Å². The number of nitrogens with zero attached hydrogens (tertiary/aromatic N) is 1. The van der Waals surface area contributed by atoms with Crippen LogP contribution in [0.4, 0.5) is 4.39 Å². The number of piperidine rings is 1. The minimum atomic E-state index is -0.345. The van der Waals surface area contributed by atoms with Crippen LogP contribution in [0.3, 0.4) is 0 Å². The molecule has 2 N–H and O–H groups in total. The third kappa shape index (κ3) is 3.26. The molecule has 1 saturated heterocycles. The molecule has 1 aliphatic carbocycles. The number of likely N-dealkylation sites (tertiary alicyclic amines) is 1. The van der Waals surface area contributed by atoms with Gasteiger partial charge in [0.25, 0.3) is 0 Å². The van der Waals surface area contributed by atoms with Crippen LogP contribution in [-0.2, 0) is 11.3 Å². The maximum absolute atomic E-state index is 14.0. The molecule has 0 amide bonds. The van der Waals surface area contributed by atoms with Crippen molar-refractivity contribution in [3.05, 3.63) is 34.6 Å². The first-order valence-electron chi connectivity index (χ1n) is 8.12. The zero-order valence-electron chi connectivity index (χ0n) is 13.0. The third-order valence-corrected chi connectivity index (χ3v) is 5.66. The van der Waals surface area contributed by atoms with Crippen LogP contribution in [0.25, 0.3) is 0 Å². The number of benzene rings is 1. The maximum atomic E-state index is 14.0. The highest BCUT2D eigenvalue weighted by Crippen LogP contribution is 2.51. The zero-order chi connectivity index (χ0) is 16.4. The second-order valence-corrected chi connectivity index (χ2v) is 6.96. The van der Waals surface area contributed by atoms with Gasteiger partial charge in [-0.2, -0.15) is 0 Å². The topological polar surface area (TPSA) is 52.9 Å². The number of halogens is 2. The molecule has 0 aromatic heterocycles. The Hall–Kier alpha value is -0.720. The largest absolute Gasteiger partial charge is 0.394 e. The Balaban J connectivity index is 1.59. The SMILES string of the molecule is OCCO[C@H]1C[C@@H](O)C12CCN(Cc1cccc(Cl)c1F)CC2. The molecule has 1 aliphatic heterocycles. The number of ether oxygens (including phenoxy) is 1. The Labute approximate surface area is 140 Å². The van der Waals surface area contributed by atoms with E-state index in [9.17, 15) is 9.50 Å². The molecule has 4 nitrogen and oxygen atoms in total. The van der Waals surface area contributed by atoms with Gasteiger partial charge in [0, 0.05) is 23.9 Å². The van der Waals surface area contributed by atoms with Crippen molar-refractivity contribution < 1.29 is 19.3 Å². The van der Waals surface area contributed by atoms with Crippen LogP contribution in [0, 0.1) is 11.2 Å². The Morgan fingerprint density at radius 1 is 1.35 bits per heavy atom. The summed E-state index contributed by atoms with van der Waals surface area (Å²) in [5.41, 5.74) is 0.411. The number of aliphatic hydroxyl groups is 2. The molecule has 23 heavy (non-hydrogen) atoms. The fourth-order valence-electron chi connectivity index (χ4n) is 3.85. The predicted octanol–water partition coefficient (Wildman–Crippen LogP) is 2.20. The normalized spacial score (nSPS) is 27.1. The first-order chi connectivity index (χ1) is 11.1. The summed E-state index contributed by atoms with van der Waals surface area (Å²) in [5.74, 6) is -0.345. The third-order valence-electron chi connectivity index (χ3n) is 5.37. The molecule has 6 heteroatoms. The maximum Gasteiger partial charge on any atom is 0.146 e. The molecule has 1 aromatic rings. The average Bonchev–Trinajstić information content (AvgIpc) is 2.56. The molecule has 1 aromatic carbocycles. The van der Waals surface area contributed by atoms with Gasteiger partial charge in [0.15, 0.2) is 0 Å². The van der Waals surface area contributed by atoms with Crippen LogP contribution in [0.15, 0.2) is 18.2 Å². The number of rotatable bonds is 5. The lowest BCUT2D eigenvalue weighted by molar-refractivity contribution is -0.213. The Morgan fingerprint density at radius 2 is 2.09 bits per heavy atom. The molecule has 2 aliphatic rings. The van der Waals surface area contributed by atoms with Gasteiger partial charge in [0.2, 0.25) is 0 Å². The highest BCUT2D eigenvalue weighted by Gasteiger charge is 2.56. The van der Waals surface area contributed by atoms with Crippen molar-refractivity contribution in [1.82, 2.24) is 4.90 Å². The smallest absolute Gasteiger partial charge is 0.146 e. The van der Waals surface area contributed by atoms with Crippen molar-refractivity contribution in [3.8, 4) is 0 Å². The van der Waals surface area contributed by atoms with Crippen molar-refractivity contribution in [2.45, 2.75) is 38.0 Å². The van der Waals surface area contributed by atoms with Crippen molar-refractivity contribution >= 4 is 11.6 Å². The Morgan fingerprint density at radius 3 is 2.74 bits per heavy atom. The molecule has 2 fully saturated rings. The van der Waals surface area contributed by atoms with Gasteiger partial charge in [-0.05, 0) is 32.0 Å². The molecule has 1 saturated carbocycles. The quantitative estimate of drug-likeness (QED) is 0.860. The second-order valence-electron chi connectivity index (χ2n) is 6.56. The van der Waals surface area contributed by atoms with Crippen LogP contribution in [0.1, 0.15) is 24.8 Å². The molecule has 3 rings (SSSR count). The highest BCUT2D eigenvalue weighted by atomic mass is 35.5. The standard InChI is InChI=1S/C17H23ClFNO3/c18-13-3-1-2-12(16(13)19)11-20-6-4-17(5-7-20)14(22)10-15(17)23-9-8-21/h1-3,14-15,21-22H,4-11H2/t14-,15+/m1/s1. The van der Waals surface area contributed by atoms with Crippen molar-refractivity contribution in [1.29, 1.82) is 0 Å². The van der Waals surface area contributed by atoms with Crippen molar-refractivity contribution in [2.75, 3.05) is 26.3 Å². The van der Waals surface area contributed by atoms with E-state index in [1.54, 1.807) is 18.2 Å². The molecule has 0 bridgehead atoms. The van der Waals surface area contributed by atoms with Crippen LogP contribution in [-0.4, -0.2) is 53.6 Å². The van der Waals surface area contributed by atoms with Gasteiger partial charge in [-0.25, -0.2) is 4.39 Å². The summed E-state index contributed by atoms with van der Waals surface area (Å²) in [4.78, 5) is 2.19. The first-order valence-corrected chi connectivity index (χ1v) is 8.50. The van der Waals surface area contributed by atoms with E-state index in [-0.39, 0.29) is 35.1 Å². The van der Waals surface area contributed by atoms with Crippen LogP contribution in [0.2, 0.25) is 5.02 Å². The van der Waals surface area contributed by atoms with Gasteiger partial charge >= 0.3 is 0 Å². The summed E-state index contributed by atoms with van der Waals surface area (Å²) in [5, 5.41) is 19.3. The Kier molecular flexibility index (Phi) is 5.23. The second kappa shape index (κ2) is 7.03. The zero-order valence-corrected chi connectivity index (χ0v) is 13.8. The first kappa shape index (κ1) is 17.1. The predicted molar refractivity (Wildman–Crippen MR) is 85.8 cm³/mol. The van der Waals surface area contributed by atoms with Gasteiger partial charge in [0.1, 0.15) is 5.82 Å². The van der Waals surface area contributed by atoms with E-state index in [4.69, 9.17) is 21.4 Å². The Bertz CT molecular complexity index is 549. The van der Waals surface area contributed by atoms with Crippen molar-refractivity contribution in [2.24, 2.45) is 5.41 Å². The molecule has 1 heterocycles. The van der Waals surface area contributed by atoms with Crippen molar-refractivity contribution in [3.63, 3.8) is 0 Å². The van der Waals surface area contributed by atoms with Crippen LogP contribution >= 0.6 is 11.6 Å². The lowest BCUT2D eigenvalue weighted by Crippen LogP contribution is -2.62. The van der Waals surface area contributed by atoms with Crippen LogP contribution < -0.4 is 0 Å². The van der Waals surface area contributed by atoms with E-state index in [0.29, 0.717) is 25.1 Å². The van der Waals surface area contributed by atoms with E-state index in [0.717, 1.165) is 25.9 Å². The van der Waals surface area contributed by atoms with E-state index in [1.807, 2.05) is 0 Å². The van der Waals surface area contributed by atoms with Gasteiger partial charge in [-0.3, -0.25) is 4.90 Å². The molecular weight excluding hydrogens is 321 g/mol.